The number of carbonyl (C=O) groups is 3. The van der Waals surface area contributed by atoms with Crippen molar-refractivity contribution in [2.24, 2.45) is 11.8 Å². The summed E-state index contributed by atoms with van der Waals surface area (Å²) in [4.78, 5) is 42.1. The van der Waals surface area contributed by atoms with Gasteiger partial charge in [-0.25, -0.2) is 4.79 Å². The third kappa shape index (κ3) is 3.01. The van der Waals surface area contributed by atoms with Crippen molar-refractivity contribution in [3.8, 4) is 11.1 Å². The number of nitrogens with zero attached hydrogens (tertiary/aromatic N) is 1. The van der Waals surface area contributed by atoms with Crippen LogP contribution in [0.1, 0.15) is 29.9 Å². The largest absolute Gasteiger partial charge is 0.533 e. The van der Waals surface area contributed by atoms with Crippen LogP contribution in [0, 0.1) is 11.8 Å². The zero-order chi connectivity index (χ0) is 20.0. The predicted octanol–water partition coefficient (Wildman–Crippen LogP) is 3.82. The smallest absolute Gasteiger partial charge is 0.432 e. The molecule has 0 aromatic heterocycles. The average Bonchev–Trinajstić information content (AvgIpc) is 3.30. The lowest BCUT2D eigenvalue weighted by Crippen LogP contribution is -2.40. The fraction of sp³-hybridized carbons (Fsp3) is 0.261. The molecule has 146 valence electrons. The van der Waals surface area contributed by atoms with Gasteiger partial charge < -0.3 is 4.74 Å². The number of amides is 2. The molecule has 6 heteroatoms. The zero-order valence-electron chi connectivity index (χ0n) is 15.6. The fourth-order valence-corrected chi connectivity index (χ4v) is 4.48. The van der Waals surface area contributed by atoms with Crippen molar-refractivity contribution in [3.63, 3.8) is 0 Å². The van der Waals surface area contributed by atoms with Crippen molar-refractivity contribution in [1.82, 2.24) is 5.06 Å². The molecule has 5 rings (SSSR count). The maximum atomic E-state index is 12.5. The van der Waals surface area contributed by atoms with Gasteiger partial charge in [0.05, 0.1) is 5.92 Å². The number of rotatable bonds is 3. The minimum Gasteiger partial charge on any atom is -0.432 e. The third-order valence-corrected chi connectivity index (χ3v) is 5.85. The molecule has 2 aliphatic carbocycles. The lowest BCUT2D eigenvalue weighted by atomic mass is 9.98. The molecule has 0 saturated carbocycles. The highest BCUT2D eigenvalue weighted by Gasteiger charge is 2.40. The molecule has 2 amide bonds. The summed E-state index contributed by atoms with van der Waals surface area (Å²) < 4.78 is 5.33. The molecule has 2 bridgehead atoms. The van der Waals surface area contributed by atoms with Gasteiger partial charge in [-0.1, -0.05) is 65.7 Å². The Hall–Kier alpha value is -3.41. The second-order valence-corrected chi connectivity index (χ2v) is 7.60. The molecule has 6 nitrogen and oxygen atoms in total. The van der Waals surface area contributed by atoms with Gasteiger partial charge in [-0.2, -0.15) is 0 Å². The van der Waals surface area contributed by atoms with Crippen molar-refractivity contribution in [2.75, 3.05) is 6.61 Å². The van der Waals surface area contributed by atoms with E-state index in [1.807, 2.05) is 54.6 Å². The number of ether oxygens (including phenoxy) is 1. The summed E-state index contributed by atoms with van der Waals surface area (Å²) in [6, 6.07) is 16.0. The van der Waals surface area contributed by atoms with Crippen LogP contribution in [0.2, 0.25) is 0 Å². The molecule has 0 radical (unpaired) electrons. The van der Waals surface area contributed by atoms with Gasteiger partial charge in [0.15, 0.2) is 0 Å². The van der Waals surface area contributed by atoms with Crippen LogP contribution < -0.4 is 0 Å². The maximum absolute atomic E-state index is 12.5. The Labute approximate surface area is 167 Å². The van der Waals surface area contributed by atoms with Gasteiger partial charge in [0, 0.05) is 12.3 Å². The summed E-state index contributed by atoms with van der Waals surface area (Å²) in [5.41, 5.74) is 4.38. The van der Waals surface area contributed by atoms with Gasteiger partial charge in [-0.05, 0) is 34.6 Å². The Kier molecular flexibility index (Phi) is 4.19. The summed E-state index contributed by atoms with van der Waals surface area (Å²) >= 11 is 0. The number of hydrogen-bond acceptors (Lipinski definition) is 5. The van der Waals surface area contributed by atoms with Gasteiger partial charge in [0.25, 0.3) is 11.8 Å². The highest BCUT2D eigenvalue weighted by atomic mass is 16.8. The van der Waals surface area contributed by atoms with Crippen LogP contribution in [0.5, 0.6) is 0 Å². The Morgan fingerprint density at radius 3 is 2.31 bits per heavy atom. The van der Waals surface area contributed by atoms with E-state index in [2.05, 4.69) is 0 Å². The van der Waals surface area contributed by atoms with E-state index in [1.54, 1.807) is 6.08 Å². The first kappa shape index (κ1) is 17.7. The zero-order valence-corrected chi connectivity index (χ0v) is 15.6. The van der Waals surface area contributed by atoms with Gasteiger partial charge in [-0.3, -0.25) is 14.4 Å². The van der Waals surface area contributed by atoms with Gasteiger partial charge >= 0.3 is 6.16 Å². The van der Waals surface area contributed by atoms with Crippen LogP contribution in [0.15, 0.2) is 60.7 Å². The van der Waals surface area contributed by atoms with Crippen molar-refractivity contribution in [3.05, 3.63) is 71.8 Å². The standard InChI is InChI=1S/C23H19NO5/c25-21-12-14-9-10-15(11-14)22(26)24(21)29-23(27)28-13-20-18-7-3-1-5-16(18)17-6-2-4-8-19(17)20/h1-10,14-15,20H,11-13H2/t14-,15-/m0/s1. The monoisotopic (exact) mass is 389 g/mol. The molecule has 2 aromatic rings. The van der Waals surface area contributed by atoms with Crippen molar-refractivity contribution >= 4 is 18.0 Å². The fourth-order valence-electron chi connectivity index (χ4n) is 4.48. The van der Waals surface area contributed by atoms with Crippen molar-refractivity contribution in [2.45, 2.75) is 18.8 Å². The molecule has 2 atom stereocenters. The summed E-state index contributed by atoms with van der Waals surface area (Å²) in [6.45, 7) is 0.0645. The topological polar surface area (TPSA) is 72.9 Å². The predicted molar refractivity (Wildman–Crippen MR) is 103 cm³/mol. The summed E-state index contributed by atoms with van der Waals surface area (Å²) in [6.07, 6.45) is 3.33. The van der Waals surface area contributed by atoms with E-state index in [9.17, 15) is 14.4 Å². The minimum atomic E-state index is -1.05. The molecule has 1 saturated heterocycles. The minimum absolute atomic E-state index is 0.0209. The van der Waals surface area contributed by atoms with Crippen molar-refractivity contribution < 1.29 is 24.0 Å². The highest BCUT2D eigenvalue weighted by Crippen LogP contribution is 2.44. The molecular weight excluding hydrogens is 370 g/mol. The van der Waals surface area contributed by atoms with Crippen molar-refractivity contribution in [1.29, 1.82) is 0 Å². The summed E-state index contributed by atoms with van der Waals surface area (Å²) in [5.74, 6) is -1.55. The number of hydrogen-bond donors (Lipinski definition) is 0. The first-order valence-electron chi connectivity index (χ1n) is 9.70. The van der Waals surface area contributed by atoms with E-state index in [4.69, 9.17) is 9.57 Å². The van der Waals surface area contributed by atoms with Crippen LogP contribution in [0.3, 0.4) is 0 Å². The average molecular weight is 389 g/mol. The number of benzene rings is 2. The number of fused-ring (bicyclic) bond motifs is 5. The highest BCUT2D eigenvalue weighted by molar-refractivity contribution is 5.98. The molecular formula is C23H19NO5. The Balaban J connectivity index is 1.29. The van der Waals surface area contributed by atoms with Crippen LogP contribution >= 0.6 is 0 Å². The van der Waals surface area contributed by atoms with E-state index >= 15 is 0 Å². The third-order valence-electron chi connectivity index (χ3n) is 5.85. The second kappa shape index (κ2) is 6.88. The first-order chi connectivity index (χ1) is 14.1. The molecule has 1 aliphatic heterocycles. The van der Waals surface area contributed by atoms with E-state index in [0.717, 1.165) is 22.3 Å². The van der Waals surface area contributed by atoms with Crippen LogP contribution in [0.25, 0.3) is 11.1 Å². The first-order valence-corrected chi connectivity index (χ1v) is 9.70. The molecule has 0 N–H and O–H groups in total. The number of allylic oxidation sites excluding steroid dienone is 1. The van der Waals surface area contributed by atoms with E-state index < -0.39 is 23.9 Å². The van der Waals surface area contributed by atoms with E-state index in [1.165, 1.54) is 0 Å². The molecule has 3 aliphatic rings. The number of carbonyl (C=O) groups excluding carboxylic acids is 3. The van der Waals surface area contributed by atoms with E-state index in [0.29, 0.717) is 11.5 Å². The molecule has 1 heterocycles. The molecule has 2 aromatic carbocycles. The number of hydroxylamine groups is 2. The van der Waals surface area contributed by atoms with Crippen LogP contribution in [0.4, 0.5) is 4.79 Å². The molecule has 0 unspecified atom stereocenters. The lowest BCUT2D eigenvalue weighted by molar-refractivity contribution is -0.185. The number of imide groups is 1. The van der Waals surface area contributed by atoms with Gasteiger partial charge in [0.2, 0.25) is 0 Å². The molecule has 29 heavy (non-hydrogen) atoms. The van der Waals surface area contributed by atoms with Crippen LogP contribution in [-0.4, -0.2) is 29.6 Å². The Morgan fingerprint density at radius 1 is 0.966 bits per heavy atom. The van der Waals surface area contributed by atoms with Gasteiger partial charge in [-0.15, -0.1) is 0 Å². The second-order valence-electron chi connectivity index (χ2n) is 7.60. The Morgan fingerprint density at radius 2 is 1.62 bits per heavy atom. The van der Waals surface area contributed by atoms with Crippen LogP contribution in [-0.2, 0) is 19.2 Å². The van der Waals surface area contributed by atoms with E-state index in [-0.39, 0.29) is 24.9 Å². The normalized spacial score (nSPS) is 22.3. The summed E-state index contributed by atoms with van der Waals surface area (Å²) in [5, 5.41) is 0.576. The molecule has 1 fully saturated rings. The maximum Gasteiger partial charge on any atom is 0.533 e. The Bertz CT molecular complexity index is 998. The molecule has 0 spiro atoms. The lowest BCUT2D eigenvalue weighted by Gasteiger charge is -2.20. The quantitative estimate of drug-likeness (QED) is 0.453. The summed E-state index contributed by atoms with van der Waals surface area (Å²) in [7, 11) is 0. The SMILES string of the molecule is O=C(OCC1c2ccccc2-c2ccccc21)ON1C(=O)C[C@H]2C=C[C@@H](C2)C1=O. The van der Waals surface area contributed by atoms with Gasteiger partial charge in [0.1, 0.15) is 6.61 Å².